The number of aliphatic carboxylic acids is 2. The van der Waals surface area contributed by atoms with Gasteiger partial charge in [0, 0.05) is 0 Å². The molecule has 0 spiro atoms. The van der Waals surface area contributed by atoms with Gasteiger partial charge in [0.25, 0.3) is 0 Å². The Balaban J connectivity index is -0.000000256. The van der Waals surface area contributed by atoms with Crippen molar-refractivity contribution in [3.05, 3.63) is 0 Å². The monoisotopic (exact) mass is 442 g/mol. The van der Waals surface area contributed by atoms with Gasteiger partial charge in [-0.05, 0) is 26.7 Å². The van der Waals surface area contributed by atoms with Gasteiger partial charge >= 0.3 is 21.1 Å². The van der Waals surface area contributed by atoms with Crippen LogP contribution in [0.1, 0.15) is 40.5 Å². The molecule has 108 valence electrons. The van der Waals surface area contributed by atoms with E-state index in [1.165, 1.54) is 13.8 Å². The van der Waals surface area contributed by atoms with Crippen LogP contribution < -0.4 is 10.2 Å². The van der Waals surface area contributed by atoms with E-state index in [1.807, 2.05) is 0 Å². The van der Waals surface area contributed by atoms with Gasteiger partial charge in [0.1, 0.15) is 11.6 Å². The summed E-state index contributed by atoms with van der Waals surface area (Å²) < 4.78 is 0. The van der Waals surface area contributed by atoms with Crippen LogP contribution in [-0.2, 0) is 40.2 Å². The first-order valence-corrected chi connectivity index (χ1v) is 5.61. The number of hydrogen-bond donors (Lipinski definition) is 0. The normalized spacial score (nSPS) is 12.0. The van der Waals surface area contributed by atoms with Crippen LogP contribution in [0.5, 0.6) is 0 Å². The number of Topliss-reactive ketones (excluding diaryl/α,β-unsaturated/α-hetero) is 2. The number of carboxylic acids is 2. The molecule has 7 heteroatoms. The van der Waals surface area contributed by atoms with Crippen LogP contribution in [0.15, 0.2) is 0 Å². The van der Waals surface area contributed by atoms with Crippen molar-refractivity contribution in [2.24, 2.45) is 11.8 Å². The Hall–Kier alpha value is -1.03. The topological polar surface area (TPSA) is 114 Å². The molecule has 6 nitrogen and oxygen atoms in total. The fraction of sp³-hybridized carbons (Fsp3) is 0.667. The minimum Gasteiger partial charge on any atom is -0.549 e. The average molecular weight is 442 g/mol. The van der Waals surface area contributed by atoms with Crippen LogP contribution >= 0.6 is 0 Å². The van der Waals surface area contributed by atoms with E-state index in [2.05, 4.69) is 0 Å². The molecule has 0 fully saturated rings. The molecule has 2 atom stereocenters. The van der Waals surface area contributed by atoms with Crippen molar-refractivity contribution < 1.29 is 50.5 Å². The Bertz CT molecular complexity index is 266. The van der Waals surface area contributed by atoms with E-state index in [0.717, 1.165) is 0 Å². The number of hydrogen-bond acceptors (Lipinski definition) is 6. The number of carbonyl (C=O) groups is 4. The van der Waals surface area contributed by atoms with E-state index in [9.17, 15) is 29.4 Å². The molecule has 0 rings (SSSR count). The van der Waals surface area contributed by atoms with Crippen LogP contribution in [0, 0.1) is 11.8 Å². The second kappa shape index (κ2) is 12.0. The van der Waals surface area contributed by atoms with Crippen molar-refractivity contribution in [3.8, 4) is 0 Å². The SMILES string of the molecule is CCC(C(C)=O)C(=O)[O-].CCC(C(C)=O)C(=O)[O-].[W+2]. The first-order chi connectivity index (χ1) is 8.18. The zero-order valence-corrected chi connectivity index (χ0v) is 14.4. The van der Waals surface area contributed by atoms with Gasteiger partial charge in [0.05, 0.1) is 23.8 Å². The Morgan fingerprint density at radius 3 is 1.00 bits per heavy atom. The summed E-state index contributed by atoms with van der Waals surface area (Å²) in [5.74, 6) is -5.04. The van der Waals surface area contributed by atoms with Crippen LogP contribution in [0.3, 0.4) is 0 Å². The first kappa shape index (κ1) is 23.1. The minimum absolute atomic E-state index is 0. The first-order valence-electron chi connectivity index (χ1n) is 5.61. The second-order valence-electron chi connectivity index (χ2n) is 3.78. The van der Waals surface area contributed by atoms with Crippen molar-refractivity contribution in [2.45, 2.75) is 40.5 Å². The maximum absolute atomic E-state index is 10.4. The molecule has 0 aliphatic carbocycles. The largest absolute Gasteiger partial charge is 2.00 e. The van der Waals surface area contributed by atoms with Crippen LogP contribution in [-0.4, -0.2) is 23.5 Å². The maximum Gasteiger partial charge on any atom is 2.00 e. The molecule has 0 aromatic rings. The molecular formula is C12H18O6W. The quantitative estimate of drug-likeness (QED) is 0.473. The van der Waals surface area contributed by atoms with E-state index in [0.29, 0.717) is 12.8 Å². The second-order valence-corrected chi connectivity index (χ2v) is 3.78. The molecule has 2 unspecified atom stereocenters. The summed E-state index contributed by atoms with van der Waals surface area (Å²) in [7, 11) is 0. The van der Waals surface area contributed by atoms with E-state index in [4.69, 9.17) is 0 Å². The molecule has 0 amide bonds. The van der Waals surface area contributed by atoms with Crippen molar-refractivity contribution in [1.29, 1.82) is 0 Å². The fourth-order valence-electron chi connectivity index (χ4n) is 1.24. The van der Waals surface area contributed by atoms with Gasteiger partial charge in [-0.25, -0.2) is 0 Å². The van der Waals surface area contributed by atoms with Gasteiger partial charge in [-0.15, -0.1) is 0 Å². The average Bonchev–Trinajstić information content (AvgIpc) is 2.17. The molecule has 0 radical (unpaired) electrons. The Morgan fingerprint density at radius 1 is 0.789 bits per heavy atom. The van der Waals surface area contributed by atoms with Crippen molar-refractivity contribution in [1.82, 2.24) is 0 Å². The standard InChI is InChI=1S/2C6H10O3.W/c2*1-3-5(4(2)7)6(8)9;/h2*5H,3H2,1-2H3,(H,8,9);/q;;+2/p-2. The predicted octanol–water partition coefficient (Wildman–Crippen LogP) is -1.30. The van der Waals surface area contributed by atoms with Gasteiger partial charge < -0.3 is 19.8 Å². The maximum atomic E-state index is 10.4. The summed E-state index contributed by atoms with van der Waals surface area (Å²) in [6.45, 7) is 5.79. The Kier molecular flexibility index (Phi) is 14.6. The molecule has 0 saturated carbocycles. The molecule has 0 heterocycles. The summed E-state index contributed by atoms with van der Waals surface area (Å²) >= 11 is 0. The predicted molar refractivity (Wildman–Crippen MR) is 58.9 cm³/mol. The summed E-state index contributed by atoms with van der Waals surface area (Å²) in [4.78, 5) is 40.9. The third-order valence-electron chi connectivity index (χ3n) is 2.37. The smallest absolute Gasteiger partial charge is 0.549 e. The molecule has 0 bridgehead atoms. The zero-order chi connectivity index (χ0) is 14.9. The minimum atomic E-state index is -1.27. The number of carboxylic acid groups (broad SMARTS) is 2. The van der Waals surface area contributed by atoms with E-state index in [1.54, 1.807) is 13.8 Å². The number of ketones is 2. The van der Waals surface area contributed by atoms with Gasteiger partial charge in [0.2, 0.25) is 0 Å². The number of carbonyl (C=O) groups excluding carboxylic acids is 4. The molecule has 0 aromatic heterocycles. The summed E-state index contributed by atoms with van der Waals surface area (Å²) in [6, 6.07) is 0. The summed E-state index contributed by atoms with van der Waals surface area (Å²) in [6.07, 6.45) is 0.634. The Labute approximate surface area is 126 Å². The number of rotatable bonds is 6. The summed E-state index contributed by atoms with van der Waals surface area (Å²) in [5, 5.41) is 20.1. The molecule has 0 aromatic carbocycles. The van der Waals surface area contributed by atoms with Crippen molar-refractivity contribution in [2.75, 3.05) is 0 Å². The van der Waals surface area contributed by atoms with Crippen LogP contribution in [0.4, 0.5) is 0 Å². The van der Waals surface area contributed by atoms with Gasteiger partial charge in [0.15, 0.2) is 0 Å². The molecule has 0 N–H and O–H groups in total. The summed E-state index contributed by atoms with van der Waals surface area (Å²) in [5.41, 5.74) is 0. The molecule has 0 saturated heterocycles. The van der Waals surface area contributed by atoms with Crippen molar-refractivity contribution in [3.63, 3.8) is 0 Å². The fourth-order valence-corrected chi connectivity index (χ4v) is 1.24. The van der Waals surface area contributed by atoms with Gasteiger partial charge in [-0.1, -0.05) is 13.8 Å². The van der Waals surface area contributed by atoms with Gasteiger partial charge in [-0.2, -0.15) is 0 Å². The molecule has 19 heavy (non-hydrogen) atoms. The van der Waals surface area contributed by atoms with Crippen molar-refractivity contribution >= 4 is 23.5 Å². The van der Waals surface area contributed by atoms with Gasteiger partial charge in [-0.3, -0.25) is 9.59 Å². The Morgan fingerprint density at radius 2 is 1.00 bits per heavy atom. The zero-order valence-electron chi connectivity index (χ0n) is 11.4. The molecule has 0 aliphatic heterocycles. The molecule has 0 aliphatic rings. The third kappa shape index (κ3) is 10.6. The van der Waals surface area contributed by atoms with E-state index < -0.39 is 23.8 Å². The van der Waals surface area contributed by atoms with Crippen LogP contribution in [0.25, 0.3) is 0 Å². The van der Waals surface area contributed by atoms with Crippen LogP contribution in [0.2, 0.25) is 0 Å². The molecular weight excluding hydrogens is 424 g/mol. The third-order valence-corrected chi connectivity index (χ3v) is 2.37. The van der Waals surface area contributed by atoms with E-state index >= 15 is 0 Å². The van der Waals surface area contributed by atoms with E-state index in [-0.39, 0.29) is 32.6 Å².